The molecule has 0 aromatic carbocycles. The first-order valence-corrected chi connectivity index (χ1v) is 7.66. The highest BCUT2D eigenvalue weighted by molar-refractivity contribution is 4.87. The van der Waals surface area contributed by atoms with Crippen LogP contribution in [0.25, 0.3) is 0 Å². The Bertz CT molecular complexity index is 180. The molecular weight excluding hydrogens is 208 g/mol. The molecule has 1 aliphatic rings. The van der Waals surface area contributed by atoms with E-state index in [2.05, 4.69) is 31.4 Å². The monoisotopic (exact) mass is 240 g/mol. The van der Waals surface area contributed by atoms with Crippen LogP contribution in [0.5, 0.6) is 0 Å². The lowest BCUT2D eigenvalue weighted by Gasteiger charge is -2.39. The Morgan fingerprint density at radius 3 is 2.71 bits per heavy atom. The second kappa shape index (κ2) is 8.10. The average Bonchev–Trinajstić information content (AvgIpc) is 2.35. The highest BCUT2D eigenvalue weighted by Gasteiger charge is 2.30. The van der Waals surface area contributed by atoms with Gasteiger partial charge in [0.15, 0.2) is 0 Å². The maximum atomic E-state index is 3.77. The van der Waals surface area contributed by atoms with Gasteiger partial charge in [-0.15, -0.1) is 0 Å². The van der Waals surface area contributed by atoms with Crippen molar-refractivity contribution in [3.8, 4) is 0 Å². The largest absolute Gasteiger partial charge is 0.316 e. The van der Waals surface area contributed by atoms with E-state index in [1.165, 1.54) is 64.6 Å². The van der Waals surface area contributed by atoms with E-state index in [9.17, 15) is 0 Å². The zero-order valence-corrected chi connectivity index (χ0v) is 12.1. The third-order valence-electron chi connectivity index (χ3n) is 4.16. The zero-order valence-electron chi connectivity index (χ0n) is 12.1. The molecule has 0 radical (unpaired) electrons. The van der Waals surface area contributed by atoms with Crippen molar-refractivity contribution >= 4 is 0 Å². The van der Waals surface area contributed by atoms with Crippen molar-refractivity contribution in [1.82, 2.24) is 10.6 Å². The van der Waals surface area contributed by atoms with Gasteiger partial charge in [0.05, 0.1) is 0 Å². The van der Waals surface area contributed by atoms with Crippen LogP contribution in [0.3, 0.4) is 0 Å². The summed E-state index contributed by atoms with van der Waals surface area (Å²) in [6.45, 7) is 10.6. The molecule has 1 rings (SSSR count). The normalized spacial score (nSPS) is 27.0. The van der Waals surface area contributed by atoms with Gasteiger partial charge in [-0.3, -0.25) is 0 Å². The highest BCUT2D eigenvalue weighted by atomic mass is 15.0. The van der Waals surface area contributed by atoms with Gasteiger partial charge < -0.3 is 10.6 Å². The van der Waals surface area contributed by atoms with Crippen LogP contribution < -0.4 is 10.6 Å². The molecule has 2 atom stereocenters. The van der Waals surface area contributed by atoms with Gasteiger partial charge >= 0.3 is 0 Å². The molecule has 0 aliphatic carbocycles. The Morgan fingerprint density at radius 2 is 2.12 bits per heavy atom. The smallest absolute Gasteiger partial charge is 0.00389 e. The molecule has 1 saturated heterocycles. The summed E-state index contributed by atoms with van der Waals surface area (Å²) in [5.41, 5.74) is 0.535. The first-order valence-electron chi connectivity index (χ1n) is 7.66. The van der Waals surface area contributed by atoms with Crippen LogP contribution in [0, 0.1) is 5.41 Å². The summed E-state index contributed by atoms with van der Waals surface area (Å²) in [5.74, 6) is 0. The van der Waals surface area contributed by atoms with E-state index in [0.29, 0.717) is 11.5 Å². The lowest BCUT2D eigenvalue weighted by Crippen LogP contribution is -2.48. The summed E-state index contributed by atoms with van der Waals surface area (Å²) in [4.78, 5) is 0. The SMILES string of the molecule is CCCCC(C)NCC1(CCC)CCCNC1. The lowest BCUT2D eigenvalue weighted by atomic mass is 9.77. The molecular formula is C15H32N2. The van der Waals surface area contributed by atoms with Crippen LogP contribution in [-0.2, 0) is 0 Å². The molecule has 1 heterocycles. The van der Waals surface area contributed by atoms with E-state index in [0.717, 1.165) is 0 Å². The van der Waals surface area contributed by atoms with Gasteiger partial charge in [0, 0.05) is 19.1 Å². The van der Waals surface area contributed by atoms with Gasteiger partial charge in [-0.1, -0.05) is 33.1 Å². The standard InChI is InChI=1S/C15H32N2/c1-4-6-8-14(3)17-13-15(9-5-2)10-7-11-16-12-15/h14,16-17H,4-13H2,1-3H3. The van der Waals surface area contributed by atoms with Crippen LogP contribution in [0.4, 0.5) is 0 Å². The molecule has 0 spiro atoms. The van der Waals surface area contributed by atoms with Crippen LogP contribution in [0.15, 0.2) is 0 Å². The van der Waals surface area contributed by atoms with Gasteiger partial charge in [-0.05, 0) is 44.6 Å². The maximum Gasteiger partial charge on any atom is 0.00389 e. The number of hydrogen-bond donors (Lipinski definition) is 2. The fraction of sp³-hybridized carbons (Fsp3) is 1.00. The quantitative estimate of drug-likeness (QED) is 0.680. The van der Waals surface area contributed by atoms with E-state index in [1.54, 1.807) is 0 Å². The van der Waals surface area contributed by atoms with Gasteiger partial charge in [0.1, 0.15) is 0 Å². The van der Waals surface area contributed by atoms with Crippen molar-refractivity contribution in [3.05, 3.63) is 0 Å². The van der Waals surface area contributed by atoms with Crippen molar-refractivity contribution in [3.63, 3.8) is 0 Å². The first kappa shape index (κ1) is 15.0. The topological polar surface area (TPSA) is 24.1 Å². The van der Waals surface area contributed by atoms with Crippen LogP contribution in [0.1, 0.15) is 65.7 Å². The molecule has 102 valence electrons. The minimum absolute atomic E-state index is 0.535. The molecule has 0 aromatic rings. The fourth-order valence-electron chi connectivity index (χ4n) is 3.02. The molecule has 2 N–H and O–H groups in total. The van der Waals surface area contributed by atoms with E-state index >= 15 is 0 Å². The van der Waals surface area contributed by atoms with Crippen LogP contribution >= 0.6 is 0 Å². The number of piperidine rings is 1. The van der Waals surface area contributed by atoms with Gasteiger partial charge in [0.2, 0.25) is 0 Å². The molecule has 1 fully saturated rings. The van der Waals surface area contributed by atoms with Crippen molar-refractivity contribution in [2.24, 2.45) is 5.41 Å². The fourth-order valence-corrected chi connectivity index (χ4v) is 3.02. The second-order valence-corrected chi connectivity index (χ2v) is 5.95. The molecule has 0 saturated carbocycles. The lowest BCUT2D eigenvalue weighted by molar-refractivity contribution is 0.176. The summed E-state index contributed by atoms with van der Waals surface area (Å²) in [7, 11) is 0. The average molecular weight is 240 g/mol. The highest BCUT2D eigenvalue weighted by Crippen LogP contribution is 2.31. The van der Waals surface area contributed by atoms with Crippen molar-refractivity contribution in [2.75, 3.05) is 19.6 Å². The van der Waals surface area contributed by atoms with Crippen LogP contribution in [-0.4, -0.2) is 25.7 Å². The van der Waals surface area contributed by atoms with E-state index in [4.69, 9.17) is 0 Å². The molecule has 0 bridgehead atoms. The number of nitrogens with one attached hydrogen (secondary N) is 2. The maximum absolute atomic E-state index is 3.77. The Labute approximate surface area is 108 Å². The molecule has 2 nitrogen and oxygen atoms in total. The van der Waals surface area contributed by atoms with E-state index in [-0.39, 0.29) is 0 Å². The van der Waals surface area contributed by atoms with Gasteiger partial charge in [-0.25, -0.2) is 0 Å². The minimum Gasteiger partial charge on any atom is -0.316 e. The predicted molar refractivity (Wildman–Crippen MR) is 76.4 cm³/mol. The van der Waals surface area contributed by atoms with E-state index < -0.39 is 0 Å². The van der Waals surface area contributed by atoms with Crippen molar-refractivity contribution in [2.45, 2.75) is 71.8 Å². The predicted octanol–water partition coefficient (Wildman–Crippen LogP) is 3.32. The molecule has 2 heteroatoms. The third-order valence-corrected chi connectivity index (χ3v) is 4.16. The van der Waals surface area contributed by atoms with Gasteiger partial charge in [-0.2, -0.15) is 0 Å². The summed E-state index contributed by atoms with van der Waals surface area (Å²) in [5, 5.41) is 7.36. The van der Waals surface area contributed by atoms with E-state index in [1.807, 2.05) is 0 Å². The molecule has 17 heavy (non-hydrogen) atoms. The number of rotatable bonds is 8. The summed E-state index contributed by atoms with van der Waals surface area (Å²) >= 11 is 0. The summed E-state index contributed by atoms with van der Waals surface area (Å²) < 4.78 is 0. The second-order valence-electron chi connectivity index (χ2n) is 5.95. The Hall–Kier alpha value is -0.0800. The summed E-state index contributed by atoms with van der Waals surface area (Å²) in [6, 6.07) is 0.686. The Morgan fingerprint density at radius 1 is 1.29 bits per heavy atom. The van der Waals surface area contributed by atoms with Crippen LogP contribution in [0.2, 0.25) is 0 Å². The summed E-state index contributed by atoms with van der Waals surface area (Å²) in [6.07, 6.45) is 9.43. The molecule has 0 amide bonds. The van der Waals surface area contributed by atoms with Crippen molar-refractivity contribution < 1.29 is 0 Å². The molecule has 0 aromatic heterocycles. The third kappa shape index (κ3) is 5.39. The first-order chi connectivity index (χ1) is 8.22. The minimum atomic E-state index is 0.535. The molecule has 2 unspecified atom stereocenters. The Kier molecular flexibility index (Phi) is 7.14. The van der Waals surface area contributed by atoms with Gasteiger partial charge in [0.25, 0.3) is 0 Å². The Balaban J connectivity index is 2.33. The molecule has 1 aliphatic heterocycles. The van der Waals surface area contributed by atoms with Crippen molar-refractivity contribution in [1.29, 1.82) is 0 Å². The number of hydrogen-bond acceptors (Lipinski definition) is 2. The zero-order chi connectivity index (χ0) is 12.6. The number of unbranched alkanes of at least 4 members (excludes halogenated alkanes) is 1.